The van der Waals surface area contributed by atoms with Crippen LogP contribution in [-0.4, -0.2) is 47.9 Å². The number of likely N-dealkylation sites (N-methyl/N-ethyl adjacent to an activating group) is 1. The lowest BCUT2D eigenvalue weighted by molar-refractivity contribution is -0.143. The van der Waals surface area contributed by atoms with E-state index in [1.807, 2.05) is 36.4 Å². The molecule has 1 aromatic rings. The quantitative estimate of drug-likeness (QED) is 0.758. The molecule has 4 rings (SSSR count). The van der Waals surface area contributed by atoms with E-state index in [0.29, 0.717) is 0 Å². The molecular formula is C24H31N3O3. The molecule has 2 saturated heterocycles. The van der Waals surface area contributed by atoms with Crippen molar-refractivity contribution in [3.05, 3.63) is 54.3 Å². The molecule has 0 spiro atoms. The number of ether oxygens (including phenoxy) is 1. The number of piperidine rings is 1. The third kappa shape index (κ3) is 4.29. The maximum atomic E-state index is 13.3. The van der Waals surface area contributed by atoms with Crippen LogP contribution in [0.2, 0.25) is 0 Å². The first-order valence-corrected chi connectivity index (χ1v) is 11.0. The average molecular weight is 410 g/mol. The second-order valence-electron chi connectivity index (χ2n) is 8.48. The van der Waals surface area contributed by atoms with E-state index >= 15 is 0 Å². The fraction of sp³-hybridized carbons (Fsp3) is 0.500. The van der Waals surface area contributed by atoms with E-state index in [-0.39, 0.29) is 35.9 Å². The van der Waals surface area contributed by atoms with Crippen LogP contribution in [0.25, 0.3) is 0 Å². The van der Waals surface area contributed by atoms with Gasteiger partial charge in [-0.2, -0.15) is 0 Å². The zero-order chi connectivity index (χ0) is 21.1. The van der Waals surface area contributed by atoms with Gasteiger partial charge < -0.3 is 20.3 Å². The Morgan fingerprint density at radius 2 is 1.93 bits per heavy atom. The lowest BCUT2D eigenvalue weighted by Crippen LogP contribution is -2.58. The molecule has 2 N–H and O–H groups in total. The Hall–Kier alpha value is -2.60. The van der Waals surface area contributed by atoms with Gasteiger partial charge in [-0.1, -0.05) is 24.3 Å². The molecule has 3 aliphatic rings. The first kappa shape index (κ1) is 20.7. The third-order valence-corrected chi connectivity index (χ3v) is 6.57. The zero-order valence-corrected chi connectivity index (χ0v) is 17.7. The van der Waals surface area contributed by atoms with Crippen molar-refractivity contribution in [3.63, 3.8) is 0 Å². The van der Waals surface area contributed by atoms with Crippen LogP contribution < -0.4 is 15.4 Å². The molecule has 0 saturated carbocycles. The van der Waals surface area contributed by atoms with Gasteiger partial charge in [-0.15, -0.1) is 0 Å². The summed E-state index contributed by atoms with van der Waals surface area (Å²) in [5.41, 5.74) is 0. The zero-order valence-electron chi connectivity index (χ0n) is 17.7. The summed E-state index contributed by atoms with van der Waals surface area (Å²) in [5.74, 6) is 1.82. The summed E-state index contributed by atoms with van der Waals surface area (Å²) < 4.78 is 6.03. The maximum absolute atomic E-state index is 13.3. The molecule has 0 bridgehead atoms. The SMILES string of the molecule is CNC(C)C(=O)N[C@H]1CC[C@H]2CC[C@@H](C3C=C(Oc4ccccc4)C=CC3)N2C1=O. The van der Waals surface area contributed by atoms with E-state index in [2.05, 4.69) is 27.7 Å². The minimum Gasteiger partial charge on any atom is -0.458 e. The standard InChI is InChI=1S/C24H31N3O3/c1-16(25-2)23(28)26-21-13-11-18-12-14-22(27(18)24(21)29)17-7-6-10-20(15-17)30-19-8-4-3-5-9-19/h3-6,8-10,15-18,21-22,25H,7,11-14H2,1-2H3,(H,26,28)/t16?,17?,18-,21-,22-/m0/s1. The largest absolute Gasteiger partial charge is 0.458 e. The fourth-order valence-corrected chi connectivity index (χ4v) is 4.82. The van der Waals surface area contributed by atoms with Gasteiger partial charge in [0.15, 0.2) is 0 Å². The molecule has 1 aromatic carbocycles. The van der Waals surface area contributed by atoms with Crippen molar-refractivity contribution < 1.29 is 14.3 Å². The van der Waals surface area contributed by atoms with Gasteiger partial charge in [0.2, 0.25) is 11.8 Å². The topological polar surface area (TPSA) is 70.7 Å². The number of rotatable bonds is 6. The Morgan fingerprint density at radius 1 is 1.17 bits per heavy atom. The monoisotopic (exact) mass is 409 g/mol. The van der Waals surface area contributed by atoms with Crippen molar-refractivity contribution in [1.29, 1.82) is 0 Å². The number of benzene rings is 1. The van der Waals surface area contributed by atoms with Crippen molar-refractivity contribution in [2.45, 2.75) is 63.2 Å². The Balaban J connectivity index is 1.46. The van der Waals surface area contributed by atoms with Gasteiger partial charge >= 0.3 is 0 Å². The van der Waals surface area contributed by atoms with Crippen LogP contribution in [0.4, 0.5) is 0 Å². The second kappa shape index (κ2) is 9.04. The highest BCUT2D eigenvalue weighted by Gasteiger charge is 2.46. The Bertz CT molecular complexity index is 835. The molecule has 0 aromatic heterocycles. The van der Waals surface area contributed by atoms with Crippen LogP contribution >= 0.6 is 0 Å². The van der Waals surface area contributed by atoms with E-state index in [1.54, 1.807) is 14.0 Å². The minimum absolute atomic E-state index is 0.0684. The van der Waals surface area contributed by atoms with Crippen LogP contribution in [0.5, 0.6) is 5.75 Å². The molecule has 2 fully saturated rings. The van der Waals surface area contributed by atoms with Gasteiger partial charge in [-0.25, -0.2) is 0 Å². The summed E-state index contributed by atoms with van der Waals surface area (Å²) in [4.78, 5) is 27.7. The summed E-state index contributed by atoms with van der Waals surface area (Å²) in [7, 11) is 1.75. The number of hydrogen-bond acceptors (Lipinski definition) is 4. The van der Waals surface area contributed by atoms with Crippen LogP contribution in [0.15, 0.2) is 54.3 Å². The Labute approximate surface area is 178 Å². The molecule has 0 radical (unpaired) electrons. The Kier molecular flexibility index (Phi) is 6.23. The van der Waals surface area contributed by atoms with Crippen LogP contribution in [0.3, 0.4) is 0 Å². The molecular weight excluding hydrogens is 378 g/mol. The summed E-state index contributed by atoms with van der Waals surface area (Å²) in [6.45, 7) is 1.80. The third-order valence-electron chi connectivity index (χ3n) is 6.57. The molecule has 2 amide bonds. The smallest absolute Gasteiger partial charge is 0.245 e. The van der Waals surface area contributed by atoms with Gasteiger partial charge in [0.1, 0.15) is 17.6 Å². The molecule has 2 heterocycles. The number of fused-ring (bicyclic) bond motifs is 1. The first-order chi connectivity index (χ1) is 14.6. The molecule has 1 aliphatic carbocycles. The van der Waals surface area contributed by atoms with Crippen molar-refractivity contribution in [2.24, 2.45) is 5.92 Å². The van der Waals surface area contributed by atoms with Gasteiger partial charge in [-0.05, 0) is 70.4 Å². The Morgan fingerprint density at radius 3 is 2.70 bits per heavy atom. The van der Waals surface area contributed by atoms with Gasteiger partial charge in [0, 0.05) is 18.0 Å². The minimum atomic E-state index is -0.423. The predicted molar refractivity (Wildman–Crippen MR) is 116 cm³/mol. The second-order valence-corrected chi connectivity index (χ2v) is 8.48. The highest BCUT2D eigenvalue weighted by Crippen LogP contribution is 2.38. The number of carbonyl (C=O) groups excluding carboxylic acids is 2. The molecule has 6 heteroatoms. The highest BCUT2D eigenvalue weighted by atomic mass is 16.5. The lowest BCUT2D eigenvalue weighted by Gasteiger charge is -2.41. The number of nitrogens with zero attached hydrogens (tertiary/aromatic N) is 1. The molecule has 5 atom stereocenters. The van der Waals surface area contributed by atoms with Crippen LogP contribution in [-0.2, 0) is 9.59 Å². The van der Waals surface area contributed by atoms with Crippen molar-refractivity contribution in [2.75, 3.05) is 7.05 Å². The average Bonchev–Trinajstić information content (AvgIpc) is 3.21. The number of amides is 2. The summed E-state index contributed by atoms with van der Waals surface area (Å²) >= 11 is 0. The normalized spacial score (nSPS) is 29.2. The van der Waals surface area contributed by atoms with Crippen molar-refractivity contribution >= 4 is 11.8 Å². The van der Waals surface area contributed by atoms with E-state index in [1.165, 1.54) is 0 Å². The van der Waals surface area contributed by atoms with Crippen LogP contribution in [0.1, 0.15) is 39.0 Å². The van der Waals surface area contributed by atoms with E-state index < -0.39 is 6.04 Å². The number of nitrogens with one attached hydrogen (secondary N) is 2. The summed E-state index contributed by atoms with van der Waals surface area (Å²) in [6.07, 6.45) is 10.9. The van der Waals surface area contributed by atoms with Crippen molar-refractivity contribution in [3.8, 4) is 5.75 Å². The van der Waals surface area contributed by atoms with E-state index in [0.717, 1.165) is 43.6 Å². The number of carbonyl (C=O) groups is 2. The number of hydrogen-bond donors (Lipinski definition) is 2. The first-order valence-electron chi connectivity index (χ1n) is 11.0. The van der Waals surface area contributed by atoms with Gasteiger partial charge in [0.05, 0.1) is 6.04 Å². The summed E-state index contributed by atoms with van der Waals surface area (Å²) in [5, 5.41) is 5.88. The molecule has 2 unspecified atom stereocenters. The maximum Gasteiger partial charge on any atom is 0.245 e. The lowest BCUT2D eigenvalue weighted by atomic mass is 9.89. The molecule has 160 valence electrons. The molecule has 30 heavy (non-hydrogen) atoms. The molecule has 6 nitrogen and oxygen atoms in total. The van der Waals surface area contributed by atoms with Gasteiger partial charge in [-0.3, -0.25) is 9.59 Å². The number of allylic oxidation sites excluding steroid dienone is 2. The highest BCUT2D eigenvalue weighted by molar-refractivity contribution is 5.90. The van der Waals surface area contributed by atoms with Gasteiger partial charge in [0.25, 0.3) is 0 Å². The molecule has 2 aliphatic heterocycles. The van der Waals surface area contributed by atoms with E-state index in [9.17, 15) is 9.59 Å². The van der Waals surface area contributed by atoms with Crippen LogP contribution in [0, 0.1) is 5.92 Å². The summed E-state index contributed by atoms with van der Waals surface area (Å²) in [6, 6.07) is 9.47. The fourth-order valence-electron chi connectivity index (χ4n) is 4.82. The predicted octanol–water partition coefficient (Wildman–Crippen LogP) is 2.77. The number of para-hydroxylation sites is 1. The van der Waals surface area contributed by atoms with Crippen molar-refractivity contribution in [1.82, 2.24) is 15.5 Å². The van der Waals surface area contributed by atoms with E-state index in [4.69, 9.17) is 4.74 Å².